The van der Waals surface area contributed by atoms with Gasteiger partial charge in [-0.1, -0.05) is 12.1 Å². The summed E-state index contributed by atoms with van der Waals surface area (Å²) in [5, 5.41) is 2.46. The number of benzene rings is 2. The molecule has 35 heavy (non-hydrogen) atoms. The van der Waals surface area contributed by atoms with Gasteiger partial charge in [-0.25, -0.2) is 17.9 Å². The van der Waals surface area contributed by atoms with E-state index in [1.54, 1.807) is 24.9 Å². The average Bonchev–Trinajstić information content (AvgIpc) is 3.09. The van der Waals surface area contributed by atoms with Crippen molar-refractivity contribution in [3.05, 3.63) is 76.9 Å². The molecule has 186 valence electrons. The molecule has 0 aliphatic carbocycles. The van der Waals surface area contributed by atoms with E-state index in [1.165, 1.54) is 5.56 Å². The minimum atomic E-state index is -1.59. The lowest BCUT2D eigenvalue weighted by molar-refractivity contribution is 0.101. The SMILES string of the molecule is COc1ccc(CCCC2CCc3c(cn(C)c3C(=O)Nc3cc(F)c(F)c(F)c3)S(=N)N2)cc1. The second-order valence-corrected chi connectivity index (χ2v) is 9.83. The van der Waals surface area contributed by atoms with Crippen molar-refractivity contribution in [2.45, 2.75) is 43.0 Å². The van der Waals surface area contributed by atoms with Crippen LogP contribution in [0.15, 0.2) is 47.5 Å². The van der Waals surface area contributed by atoms with Crippen molar-refractivity contribution in [1.82, 2.24) is 9.29 Å². The largest absolute Gasteiger partial charge is 0.497 e. The summed E-state index contributed by atoms with van der Waals surface area (Å²) < 4.78 is 59.2. The van der Waals surface area contributed by atoms with Crippen LogP contribution in [0.5, 0.6) is 5.75 Å². The fourth-order valence-electron chi connectivity index (χ4n) is 4.34. The van der Waals surface area contributed by atoms with E-state index >= 15 is 0 Å². The van der Waals surface area contributed by atoms with Crippen LogP contribution in [0.3, 0.4) is 0 Å². The van der Waals surface area contributed by atoms with Crippen LogP contribution in [0.25, 0.3) is 0 Å². The van der Waals surface area contributed by atoms with Gasteiger partial charge in [-0.3, -0.25) is 9.57 Å². The number of nitrogens with one attached hydrogen (secondary N) is 3. The molecule has 3 aromatic rings. The summed E-state index contributed by atoms with van der Waals surface area (Å²) in [4.78, 5) is 13.7. The lowest BCUT2D eigenvalue weighted by atomic mass is 9.99. The highest BCUT2D eigenvalue weighted by atomic mass is 32.2. The highest BCUT2D eigenvalue weighted by molar-refractivity contribution is 7.84. The quantitative estimate of drug-likeness (QED) is 0.383. The highest BCUT2D eigenvalue weighted by Gasteiger charge is 2.27. The Morgan fingerprint density at radius 1 is 1.23 bits per heavy atom. The average molecular weight is 505 g/mol. The van der Waals surface area contributed by atoms with E-state index in [0.717, 1.165) is 54.0 Å². The Morgan fingerprint density at radius 3 is 2.57 bits per heavy atom. The highest BCUT2D eigenvalue weighted by Crippen LogP contribution is 2.28. The van der Waals surface area contributed by atoms with Gasteiger partial charge in [0.15, 0.2) is 17.5 Å². The normalized spacial score (nSPS) is 17.5. The standard InChI is InChI=1S/C25H27F3N4O2S/c1-32-14-22-19(24(32)25(33)30-17-12-20(26)23(28)21(27)13-17)11-8-16(31-35(22)29)5-3-4-15-6-9-18(34-2)10-7-15/h6-7,9-10,12-14,16H,3-5,8,11H2,1-2H3,(H2,29,31)(H,30,33). The van der Waals surface area contributed by atoms with E-state index in [0.29, 0.717) is 12.1 Å². The number of nitrogens with zero attached hydrogens (tertiary/aromatic N) is 1. The topological polar surface area (TPSA) is 79.1 Å². The number of fused-ring (bicyclic) bond motifs is 1. The first-order chi connectivity index (χ1) is 16.8. The third-order valence-electron chi connectivity index (χ3n) is 6.13. The molecule has 1 aliphatic heterocycles. The van der Waals surface area contributed by atoms with Crippen LogP contribution < -0.4 is 14.8 Å². The molecule has 10 heteroatoms. The van der Waals surface area contributed by atoms with E-state index in [-0.39, 0.29) is 11.7 Å². The first-order valence-electron chi connectivity index (χ1n) is 11.3. The lowest BCUT2D eigenvalue weighted by Gasteiger charge is -2.16. The van der Waals surface area contributed by atoms with Crippen molar-refractivity contribution in [2.75, 3.05) is 12.4 Å². The predicted octanol–water partition coefficient (Wildman–Crippen LogP) is 5.29. The monoisotopic (exact) mass is 504 g/mol. The van der Waals surface area contributed by atoms with Gasteiger partial charge in [0.25, 0.3) is 5.91 Å². The van der Waals surface area contributed by atoms with Gasteiger partial charge in [0.2, 0.25) is 0 Å². The van der Waals surface area contributed by atoms with E-state index < -0.39 is 34.2 Å². The summed E-state index contributed by atoms with van der Waals surface area (Å²) >= 11 is 0. The molecule has 0 spiro atoms. The predicted molar refractivity (Wildman–Crippen MR) is 129 cm³/mol. The number of aromatic nitrogens is 1. The first-order valence-corrected chi connectivity index (χ1v) is 12.5. The van der Waals surface area contributed by atoms with Gasteiger partial charge in [-0.15, -0.1) is 0 Å². The van der Waals surface area contributed by atoms with Gasteiger partial charge in [-0.05, 0) is 66.2 Å². The van der Waals surface area contributed by atoms with Crippen molar-refractivity contribution in [3.8, 4) is 5.75 Å². The molecule has 1 aliphatic rings. The third kappa shape index (κ3) is 5.59. The fraction of sp³-hybridized carbons (Fsp3) is 0.320. The molecule has 2 heterocycles. The van der Waals surface area contributed by atoms with Crippen molar-refractivity contribution in [1.29, 1.82) is 4.78 Å². The Morgan fingerprint density at radius 2 is 1.91 bits per heavy atom. The molecular weight excluding hydrogens is 477 g/mol. The summed E-state index contributed by atoms with van der Waals surface area (Å²) in [6, 6.07) is 9.60. The molecule has 0 saturated heterocycles. The summed E-state index contributed by atoms with van der Waals surface area (Å²) in [5.74, 6) is -4.07. The van der Waals surface area contributed by atoms with Gasteiger partial charge < -0.3 is 14.6 Å². The van der Waals surface area contributed by atoms with Gasteiger partial charge >= 0.3 is 0 Å². The molecule has 4 rings (SSSR count). The molecule has 3 N–H and O–H groups in total. The molecular formula is C25H27F3N4O2S. The molecule has 2 unspecified atom stereocenters. The Bertz CT molecular complexity index is 1240. The zero-order valence-electron chi connectivity index (χ0n) is 19.5. The minimum absolute atomic E-state index is 0.128. The zero-order chi connectivity index (χ0) is 25.1. The van der Waals surface area contributed by atoms with Gasteiger partial charge in [-0.2, -0.15) is 0 Å². The van der Waals surface area contributed by atoms with Gasteiger partial charge in [0.1, 0.15) is 11.4 Å². The van der Waals surface area contributed by atoms with Crippen LogP contribution in [-0.4, -0.2) is 23.6 Å². The number of methoxy groups -OCH3 is 1. The van der Waals surface area contributed by atoms with Crippen LogP contribution >= 0.6 is 0 Å². The molecule has 0 bridgehead atoms. The molecule has 1 amide bonds. The smallest absolute Gasteiger partial charge is 0.272 e. The maximum atomic E-state index is 13.6. The number of rotatable bonds is 7. The van der Waals surface area contributed by atoms with E-state index in [9.17, 15) is 18.0 Å². The number of hydrogen-bond donors (Lipinski definition) is 3. The molecule has 2 aromatic carbocycles. The Balaban J connectivity index is 1.43. The van der Waals surface area contributed by atoms with Crippen LogP contribution in [0, 0.1) is 22.2 Å². The number of carbonyl (C=O) groups excluding carboxylic acids is 1. The van der Waals surface area contributed by atoms with Gasteiger partial charge in [0, 0.05) is 37.1 Å². The molecule has 0 radical (unpaired) electrons. The zero-order valence-corrected chi connectivity index (χ0v) is 20.3. The summed E-state index contributed by atoms with van der Waals surface area (Å²) in [6.45, 7) is 0. The number of ether oxygens (including phenoxy) is 1. The molecule has 2 atom stereocenters. The molecule has 6 nitrogen and oxygen atoms in total. The molecule has 1 aromatic heterocycles. The van der Waals surface area contributed by atoms with Crippen molar-refractivity contribution in [2.24, 2.45) is 7.05 Å². The van der Waals surface area contributed by atoms with Crippen molar-refractivity contribution in [3.63, 3.8) is 0 Å². The van der Waals surface area contributed by atoms with E-state index in [1.807, 2.05) is 24.3 Å². The first kappa shape index (κ1) is 25.0. The van der Waals surface area contributed by atoms with Crippen LogP contribution in [0.2, 0.25) is 0 Å². The van der Waals surface area contributed by atoms with E-state index in [2.05, 4.69) is 10.0 Å². The number of anilines is 1. The van der Waals surface area contributed by atoms with Crippen molar-refractivity contribution < 1.29 is 22.7 Å². The Labute approximate surface area is 204 Å². The third-order valence-corrected chi connectivity index (χ3v) is 7.49. The maximum absolute atomic E-state index is 13.6. The Kier molecular flexibility index (Phi) is 7.61. The molecule has 0 saturated carbocycles. The summed E-state index contributed by atoms with van der Waals surface area (Å²) in [7, 11) is 2.32. The van der Waals surface area contributed by atoms with E-state index in [4.69, 9.17) is 9.52 Å². The summed E-state index contributed by atoms with van der Waals surface area (Å²) in [6.07, 6.45) is 5.85. The number of halogens is 3. The minimum Gasteiger partial charge on any atom is -0.497 e. The number of aryl methyl sites for hydroxylation is 2. The lowest BCUT2D eigenvalue weighted by Crippen LogP contribution is -2.29. The van der Waals surface area contributed by atoms with Crippen LogP contribution in [0.1, 0.15) is 40.9 Å². The number of hydrogen-bond acceptors (Lipinski definition) is 3. The molecule has 0 fully saturated rings. The fourth-order valence-corrected chi connectivity index (χ4v) is 5.74. The van der Waals surface area contributed by atoms with Crippen LogP contribution in [-0.2, 0) is 30.8 Å². The number of carbonyl (C=O) groups is 1. The second-order valence-electron chi connectivity index (χ2n) is 8.54. The van der Waals surface area contributed by atoms with Crippen molar-refractivity contribution >= 4 is 22.5 Å². The Hall–Kier alpha value is -3.11. The maximum Gasteiger partial charge on any atom is 0.272 e. The summed E-state index contributed by atoms with van der Waals surface area (Å²) in [5.41, 5.74) is 2.13. The van der Waals surface area contributed by atoms with Gasteiger partial charge in [0.05, 0.1) is 12.0 Å². The second kappa shape index (κ2) is 10.7. The van der Waals surface area contributed by atoms with Crippen LogP contribution in [0.4, 0.5) is 18.9 Å². The number of amides is 1.